The monoisotopic (exact) mass is 269 g/mol. The highest BCUT2D eigenvalue weighted by atomic mass is 19.1. The smallest absolute Gasteiger partial charge is 0.130 e. The molecule has 1 rings (SSSR count). The molecule has 0 aliphatic rings. The summed E-state index contributed by atoms with van der Waals surface area (Å²) in [5, 5.41) is 3.40. The first-order valence-corrected chi connectivity index (χ1v) is 7.02. The number of aryl methyl sites for hydroxylation is 1. The lowest BCUT2D eigenvalue weighted by Gasteiger charge is -2.35. The van der Waals surface area contributed by atoms with Gasteiger partial charge in [0.25, 0.3) is 0 Å². The van der Waals surface area contributed by atoms with Crippen molar-refractivity contribution in [3.05, 3.63) is 34.9 Å². The van der Waals surface area contributed by atoms with Crippen LogP contribution >= 0.6 is 0 Å². The van der Waals surface area contributed by atoms with E-state index in [9.17, 15) is 8.78 Å². The minimum absolute atomic E-state index is 0.0831. The maximum Gasteiger partial charge on any atom is 0.130 e. The van der Waals surface area contributed by atoms with Crippen molar-refractivity contribution >= 4 is 0 Å². The van der Waals surface area contributed by atoms with Crippen molar-refractivity contribution in [3.8, 4) is 0 Å². The van der Waals surface area contributed by atoms with Gasteiger partial charge in [-0.05, 0) is 43.4 Å². The molecule has 0 spiro atoms. The van der Waals surface area contributed by atoms with Crippen molar-refractivity contribution in [2.75, 3.05) is 6.54 Å². The molecule has 1 unspecified atom stereocenters. The van der Waals surface area contributed by atoms with Gasteiger partial charge in [0.15, 0.2) is 0 Å². The first-order chi connectivity index (χ1) is 8.83. The van der Waals surface area contributed by atoms with Crippen LogP contribution in [-0.2, 0) is 0 Å². The van der Waals surface area contributed by atoms with Crippen LogP contribution in [0, 0.1) is 24.0 Å². The van der Waals surface area contributed by atoms with E-state index in [0.717, 1.165) is 25.5 Å². The summed E-state index contributed by atoms with van der Waals surface area (Å²) in [6.45, 7) is 10.9. The van der Waals surface area contributed by atoms with Gasteiger partial charge in [-0.25, -0.2) is 8.78 Å². The Labute approximate surface area is 115 Å². The second kappa shape index (κ2) is 6.47. The molecular weight excluding hydrogens is 244 g/mol. The summed E-state index contributed by atoms with van der Waals surface area (Å²) in [5.74, 6) is -0.942. The quantitative estimate of drug-likeness (QED) is 0.785. The average molecular weight is 269 g/mol. The lowest BCUT2D eigenvalue weighted by atomic mass is 9.77. The van der Waals surface area contributed by atoms with Crippen molar-refractivity contribution in [2.24, 2.45) is 5.41 Å². The third-order valence-electron chi connectivity index (χ3n) is 3.88. The molecule has 0 heterocycles. The molecule has 0 saturated carbocycles. The van der Waals surface area contributed by atoms with Crippen molar-refractivity contribution in [1.82, 2.24) is 5.32 Å². The molecule has 1 atom stereocenters. The minimum atomic E-state index is -0.482. The molecule has 1 aromatic carbocycles. The third kappa shape index (κ3) is 3.75. The van der Waals surface area contributed by atoms with E-state index >= 15 is 0 Å². The molecule has 0 radical (unpaired) electrons. The van der Waals surface area contributed by atoms with E-state index in [2.05, 4.69) is 33.0 Å². The minimum Gasteiger partial charge on any atom is -0.309 e. The Morgan fingerprint density at radius 1 is 1.16 bits per heavy atom. The van der Waals surface area contributed by atoms with Gasteiger partial charge in [-0.2, -0.15) is 0 Å². The summed E-state index contributed by atoms with van der Waals surface area (Å²) in [6, 6.07) is 2.53. The summed E-state index contributed by atoms with van der Waals surface area (Å²) in [7, 11) is 0. The van der Waals surface area contributed by atoms with Crippen LogP contribution in [0.3, 0.4) is 0 Å². The molecule has 19 heavy (non-hydrogen) atoms. The Morgan fingerprint density at radius 3 is 2.32 bits per heavy atom. The van der Waals surface area contributed by atoms with E-state index in [-0.39, 0.29) is 11.5 Å². The van der Waals surface area contributed by atoms with Crippen molar-refractivity contribution in [3.63, 3.8) is 0 Å². The molecule has 1 N–H and O–H groups in total. The predicted octanol–water partition coefficient (Wildman–Crippen LogP) is 4.75. The fourth-order valence-corrected chi connectivity index (χ4v) is 2.20. The number of rotatable bonds is 6. The average Bonchev–Trinajstić information content (AvgIpc) is 2.35. The third-order valence-corrected chi connectivity index (χ3v) is 3.88. The molecule has 0 aromatic heterocycles. The van der Waals surface area contributed by atoms with Gasteiger partial charge in [0, 0.05) is 17.7 Å². The van der Waals surface area contributed by atoms with Gasteiger partial charge in [-0.3, -0.25) is 0 Å². The fraction of sp³-hybridized carbons (Fsp3) is 0.625. The molecule has 0 aliphatic carbocycles. The molecule has 0 aliphatic heterocycles. The van der Waals surface area contributed by atoms with Gasteiger partial charge < -0.3 is 5.32 Å². The summed E-state index contributed by atoms with van der Waals surface area (Å²) in [5.41, 5.74) is 0.978. The van der Waals surface area contributed by atoms with Crippen molar-refractivity contribution in [2.45, 2.75) is 53.5 Å². The first-order valence-electron chi connectivity index (χ1n) is 7.02. The van der Waals surface area contributed by atoms with Crippen LogP contribution in [0.1, 0.15) is 57.7 Å². The van der Waals surface area contributed by atoms with Crippen LogP contribution in [-0.4, -0.2) is 6.54 Å². The molecule has 1 nitrogen and oxygen atoms in total. The second-order valence-corrected chi connectivity index (χ2v) is 5.85. The lowest BCUT2D eigenvalue weighted by Crippen LogP contribution is -2.35. The van der Waals surface area contributed by atoms with E-state index in [0.29, 0.717) is 11.1 Å². The number of benzene rings is 1. The van der Waals surface area contributed by atoms with Gasteiger partial charge in [-0.15, -0.1) is 0 Å². The number of halogens is 2. The predicted molar refractivity (Wildman–Crippen MR) is 76.2 cm³/mol. The molecule has 3 heteroatoms. The van der Waals surface area contributed by atoms with Crippen LogP contribution in [0.4, 0.5) is 8.78 Å². The Hall–Kier alpha value is -0.960. The Kier molecular flexibility index (Phi) is 5.48. The van der Waals surface area contributed by atoms with Crippen molar-refractivity contribution < 1.29 is 8.78 Å². The van der Waals surface area contributed by atoms with Gasteiger partial charge in [0.2, 0.25) is 0 Å². The van der Waals surface area contributed by atoms with E-state index in [1.165, 1.54) is 0 Å². The second-order valence-electron chi connectivity index (χ2n) is 5.85. The Morgan fingerprint density at radius 2 is 1.79 bits per heavy atom. The van der Waals surface area contributed by atoms with Crippen LogP contribution in [0.15, 0.2) is 12.1 Å². The zero-order valence-electron chi connectivity index (χ0n) is 12.6. The molecule has 1 aromatic rings. The number of hydrogen-bond donors (Lipinski definition) is 1. The summed E-state index contributed by atoms with van der Waals surface area (Å²) < 4.78 is 27.5. The van der Waals surface area contributed by atoms with E-state index in [1.54, 1.807) is 13.0 Å². The summed E-state index contributed by atoms with van der Waals surface area (Å²) >= 11 is 0. The largest absolute Gasteiger partial charge is 0.309 e. The zero-order valence-corrected chi connectivity index (χ0v) is 12.6. The maximum atomic E-state index is 14.1. The summed E-state index contributed by atoms with van der Waals surface area (Å²) in [4.78, 5) is 0. The first kappa shape index (κ1) is 16.1. The van der Waals surface area contributed by atoms with Crippen LogP contribution in [0.25, 0.3) is 0 Å². The topological polar surface area (TPSA) is 12.0 Å². The normalized spacial score (nSPS) is 13.6. The number of nitrogens with one attached hydrogen (secondary N) is 1. The summed E-state index contributed by atoms with van der Waals surface area (Å²) in [6.07, 6.45) is 1.91. The van der Waals surface area contributed by atoms with Crippen molar-refractivity contribution in [1.29, 1.82) is 0 Å². The molecule has 0 fully saturated rings. The highest BCUT2D eigenvalue weighted by molar-refractivity contribution is 5.29. The molecular formula is C16H25F2N. The molecule has 0 saturated heterocycles. The molecule has 0 amide bonds. The Bertz CT molecular complexity index is 427. The van der Waals surface area contributed by atoms with E-state index < -0.39 is 11.6 Å². The van der Waals surface area contributed by atoms with Crippen LogP contribution in [0.5, 0.6) is 0 Å². The van der Waals surface area contributed by atoms with Crippen LogP contribution in [0.2, 0.25) is 0 Å². The highest BCUT2D eigenvalue weighted by Crippen LogP contribution is 2.38. The Balaban J connectivity index is 3.21. The van der Waals surface area contributed by atoms with Gasteiger partial charge >= 0.3 is 0 Å². The van der Waals surface area contributed by atoms with Gasteiger partial charge in [-0.1, -0.05) is 27.7 Å². The van der Waals surface area contributed by atoms with Gasteiger partial charge in [0.05, 0.1) is 0 Å². The molecule has 0 bridgehead atoms. The fourth-order valence-electron chi connectivity index (χ4n) is 2.20. The zero-order chi connectivity index (χ0) is 14.6. The van der Waals surface area contributed by atoms with Crippen LogP contribution < -0.4 is 5.32 Å². The lowest BCUT2D eigenvalue weighted by molar-refractivity contribution is 0.229. The van der Waals surface area contributed by atoms with E-state index in [4.69, 9.17) is 0 Å². The SMILES string of the molecule is CCCNC(c1cc(C)c(F)cc1F)C(C)(C)CC. The maximum absolute atomic E-state index is 14.1. The molecule has 108 valence electrons. The standard InChI is InChI=1S/C16H25F2N/c1-6-8-19-15(16(4,5)7-2)12-9-11(3)13(17)10-14(12)18/h9-10,15,19H,6-8H2,1-5H3. The highest BCUT2D eigenvalue weighted by Gasteiger charge is 2.31. The van der Waals surface area contributed by atoms with Gasteiger partial charge in [0.1, 0.15) is 11.6 Å². The van der Waals surface area contributed by atoms with E-state index in [1.807, 2.05) is 0 Å². The number of hydrogen-bond acceptors (Lipinski definition) is 1.